The lowest BCUT2D eigenvalue weighted by atomic mass is 10.0. The van der Waals surface area contributed by atoms with E-state index in [0.717, 1.165) is 42.0 Å². The first kappa shape index (κ1) is 19.0. The van der Waals surface area contributed by atoms with E-state index in [9.17, 15) is 4.79 Å². The molecule has 1 aromatic rings. The van der Waals surface area contributed by atoms with Crippen molar-refractivity contribution in [2.75, 3.05) is 35.4 Å². The van der Waals surface area contributed by atoms with Gasteiger partial charge in [-0.15, -0.1) is 0 Å². The topological polar surface area (TPSA) is 42.0 Å². The maximum atomic E-state index is 12.8. The molecule has 0 aliphatic heterocycles. The molecule has 0 bridgehead atoms. The van der Waals surface area contributed by atoms with Crippen molar-refractivity contribution >= 4 is 5.91 Å². The molecule has 2 fully saturated rings. The number of rotatable bonds is 6. The van der Waals surface area contributed by atoms with Gasteiger partial charge in [0.15, 0.2) is 0 Å². The number of amides is 1. The van der Waals surface area contributed by atoms with Gasteiger partial charge in [-0.3, -0.25) is 4.79 Å². The molecule has 4 atom stereocenters. The third kappa shape index (κ3) is 3.83. The van der Waals surface area contributed by atoms with E-state index < -0.39 is 0 Å². The molecule has 2 aliphatic rings. The third-order valence-corrected chi connectivity index (χ3v) is 6.47. The Hall–Kier alpha value is -1.75. The summed E-state index contributed by atoms with van der Waals surface area (Å²) in [6, 6.07) is 6.74. The van der Waals surface area contributed by atoms with E-state index in [0.29, 0.717) is 18.2 Å². The Morgan fingerprint density at radius 1 is 1.00 bits per heavy atom. The van der Waals surface area contributed by atoms with Gasteiger partial charge in [0.1, 0.15) is 11.5 Å². The fourth-order valence-electron chi connectivity index (χ4n) is 4.78. The Labute approximate surface area is 157 Å². The van der Waals surface area contributed by atoms with E-state index in [1.807, 2.05) is 30.1 Å². The number of hydrogen-bond donors (Lipinski definition) is 0. The lowest BCUT2D eigenvalue weighted by Gasteiger charge is -2.27. The van der Waals surface area contributed by atoms with E-state index in [4.69, 9.17) is 9.47 Å². The second-order valence-electron chi connectivity index (χ2n) is 8.09. The molecular formula is C21H32N2O3. The molecule has 1 aromatic carbocycles. The Morgan fingerprint density at radius 2 is 1.62 bits per heavy atom. The molecule has 3 rings (SSSR count). The molecule has 0 radical (unpaired) electrons. The highest BCUT2D eigenvalue weighted by molar-refractivity contribution is 5.79. The monoisotopic (exact) mass is 360 g/mol. The SMILES string of the molecule is COc1ccc(CC(=O)N(C)C2C[C@H]3CC(N(C)C)C[C@H]3C2)c(OC)c1. The summed E-state index contributed by atoms with van der Waals surface area (Å²) >= 11 is 0. The molecule has 0 saturated heterocycles. The number of fused-ring (bicyclic) bond motifs is 1. The van der Waals surface area contributed by atoms with E-state index in [2.05, 4.69) is 19.0 Å². The second kappa shape index (κ2) is 7.87. The van der Waals surface area contributed by atoms with Crippen LogP contribution < -0.4 is 9.47 Å². The number of benzene rings is 1. The minimum Gasteiger partial charge on any atom is -0.497 e. The van der Waals surface area contributed by atoms with Gasteiger partial charge in [-0.2, -0.15) is 0 Å². The van der Waals surface area contributed by atoms with Gasteiger partial charge < -0.3 is 19.3 Å². The van der Waals surface area contributed by atoms with Crippen LogP contribution in [0.4, 0.5) is 0 Å². The van der Waals surface area contributed by atoms with Crippen LogP contribution in [0.25, 0.3) is 0 Å². The van der Waals surface area contributed by atoms with Gasteiger partial charge in [0.25, 0.3) is 0 Å². The van der Waals surface area contributed by atoms with Gasteiger partial charge in [0, 0.05) is 30.8 Å². The number of ether oxygens (including phenoxy) is 2. The molecule has 0 aromatic heterocycles. The molecule has 5 heteroatoms. The van der Waals surface area contributed by atoms with Crippen LogP contribution in [-0.2, 0) is 11.2 Å². The minimum absolute atomic E-state index is 0.169. The summed E-state index contributed by atoms with van der Waals surface area (Å²) in [5.41, 5.74) is 0.913. The number of hydrogen-bond acceptors (Lipinski definition) is 4. The van der Waals surface area contributed by atoms with Crippen molar-refractivity contribution < 1.29 is 14.3 Å². The normalized spacial score (nSPS) is 27.5. The summed E-state index contributed by atoms with van der Waals surface area (Å²) < 4.78 is 10.7. The zero-order valence-electron chi connectivity index (χ0n) is 16.7. The maximum absolute atomic E-state index is 12.8. The predicted molar refractivity (Wildman–Crippen MR) is 103 cm³/mol. The van der Waals surface area contributed by atoms with Gasteiger partial charge in [0.2, 0.25) is 5.91 Å². The van der Waals surface area contributed by atoms with Crippen molar-refractivity contribution in [2.45, 2.75) is 44.2 Å². The van der Waals surface area contributed by atoms with E-state index in [1.165, 1.54) is 12.8 Å². The number of nitrogens with zero attached hydrogens (tertiary/aromatic N) is 2. The van der Waals surface area contributed by atoms with Crippen LogP contribution in [0.3, 0.4) is 0 Å². The summed E-state index contributed by atoms with van der Waals surface area (Å²) in [5.74, 6) is 3.17. The molecule has 0 N–H and O–H groups in total. The molecule has 0 heterocycles. The van der Waals surface area contributed by atoms with Crippen LogP contribution in [0.15, 0.2) is 18.2 Å². The number of carbonyl (C=O) groups excluding carboxylic acids is 1. The standard InChI is InChI=1S/C21H32N2O3/c1-22(2)17-8-15-10-18(11-16(15)9-17)23(3)21(24)12-14-6-7-19(25-4)13-20(14)26-5/h6-7,13,15-18H,8-12H2,1-5H3/t15-,16+,17?,18?. The van der Waals surface area contributed by atoms with Crippen LogP contribution in [0.1, 0.15) is 31.2 Å². The third-order valence-electron chi connectivity index (χ3n) is 6.47. The molecular weight excluding hydrogens is 328 g/mol. The first-order valence-electron chi connectivity index (χ1n) is 9.55. The number of carbonyl (C=O) groups is 1. The average Bonchev–Trinajstić information content (AvgIpc) is 3.20. The minimum atomic E-state index is 0.169. The molecule has 1 amide bonds. The average molecular weight is 360 g/mol. The highest BCUT2D eigenvalue weighted by Gasteiger charge is 2.44. The molecule has 144 valence electrons. The Bertz CT molecular complexity index is 632. The van der Waals surface area contributed by atoms with Crippen LogP contribution in [0.5, 0.6) is 11.5 Å². The number of likely N-dealkylation sites (N-methyl/N-ethyl adjacent to an activating group) is 1. The van der Waals surface area contributed by atoms with E-state index in [-0.39, 0.29) is 5.91 Å². The van der Waals surface area contributed by atoms with Gasteiger partial charge in [0.05, 0.1) is 20.6 Å². The highest BCUT2D eigenvalue weighted by atomic mass is 16.5. The quantitative estimate of drug-likeness (QED) is 0.782. The van der Waals surface area contributed by atoms with E-state index in [1.54, 1.807) is 14.2 Å². The highest BCUT2D eigenvalue weighted by Crippen LogP contribution is 2.46. The van der Waals surface area contributed by atoms with Gasteiger partial charge >= 0.3 is 0 Å². The van der Waals surface area contributed by atoms with Crippen molar-refractivity contribution in [3.8, 4) is 11.5 Å². The molecule has 0 spiro atoms. The van der Waals surface area contributed by atoms with Crippen molar-refractivity contribution in [2.24, 2.45) is 11.8 Å². The van der Waals surface area contributed by atoms with E-state index >= 15 is 0 Å². The first-order chi connectivity index (χ1) is 12.4. The summed E-state index contributed by atoms with van der Waals surface area (Å²) in [4.78, 5) is 17.2. The summed E-state index contributed by atoms with van der Waals surface area (Å²) in [7, 11) is 9.59. The molecule has 26 heavy (non-hydrogen) atoms. The lowest BCUT2D eigenvalue weighted by Crippen LogP contribution is -2.37. The fraction of sp³-hybridized carbons (Fsp3) is 0.667. The number of methoxy groups -OCH3 is 2. The molecule has 2 unspecified atom stereocenters. The van der Waals surface area contributed by atoms with Crippen LogP contribution in [0, 0.1) is 11.8 Å². The van der Waals surface area contributed by atoms with Crippen LogP contribution in [-0.4, -0.2) is 63.2 Å². The summed E-state index contributed by atoms with van der Waals surface area (Å²) in [5, 5.41) is 0. The Balaban J connectivity index is 1.60. The van der Waals surface area contributed by atoms with Gasteiger partial charge in [-0.1, -0.05) is 6.07 Å². The molecule has 2 aliphatic carbocycles. The van der Waals surface area contributed by atoms with Crippen molar-refractivity contribution in [3.63, 3.8) is 0 Å². The second-order valence-corrected chi connectivity index (χ2v) is 8.09. The van der Waals surface area contributed by atoms with Crippen LogP contribution in [0.2, 0.25) is 0 Å². The smallest absolute Gasteiger partial charge is 0.227 e. The summed E-state index contributed by atoms with van der Waals surface area (Å²) in [6.45, 7) is 0. The zero-order valence-corrected chi connectivity index (χ0v) is 16.7. The van der Waals surface area contributed by atoms with Gasteiger partial charge in [-0.25, -0.2) is 0 Å². The summed E-state index contributed by atoms with van der Waals surface area (Å²) in [6.07, 6.45) is 5.23. The lowest BCUT2D eigenvalue weighted by molar-refractivity contribution is -0.131. The van der Waals surface area contributed by atoms with Crippen LogP contribution >= 0.6 is 0 Å². The van der Waals surface area contributed by atoms with Crippen molar-refractivity contribution in [1.29, 1.82) is 0 Å². The van der Waals surface area contributed by atoms with Crippen molar-refractivity contribution in [1.82, 2.24) is 9.80 Å². The van der Waals surface area contributed by atoms with Gasteiger partial charge in [-0.05, 0) is 57.7 Å². The Morgan fingerprint density at radius 3 is 2.15 bits per heavy atom. The predicted octanol–water partition coefficient (Wildman–Crippen LogP) is 2.82. The largest absolute Gasteiger partial charge is 0.497 e. The Kier molecular flexibility index (Phi) is 5.76. The van der Waals surface area contributed by atoms with Crippen molar-refractivity contribution in [3.05, 3.63) is 23.8 Å². The zero-order chi connectivity index (χ0) is 18.8. The first-order valence-corrected chi connectivity index (χ1v) is 9.55. The molecule has 5 nitrogen and oxygen atoms in total. The fourth-order valence-corrected chi connectivity index (χ4v) is 4.78. The molecule has 2 saturated carbocycles. The maximum Gasteiger partial charge on any atom is 0.227 e.